The lowest BCUT2D eigenvalue weighted by molar-refractivity contribution is -0.129. The number of nitrogens with zero attached hydrogens (tertiary/aromatic N) is 3. The molecule has 4 aromatic rings. The highest BCUT2D eigenvalue weighted by Gasteiger charge is 2.25. The Morgan fingerprint density at radius 2 is 2.16 bits per heavy atom. The topological polar surface area (TPSA) is 79.7 Å². The van der Waals surface area contributed by atoms with Gasteiger partial charge in [-0.05, 0) is 42.5 Å². The van der Waals surface area contributed by atoms with E-state index in [1.54, 1.807) is 19.4 Å². The molecule has 0 saturated carbocycles. The summed E-state index contributed by atoms with van der Waals surface area (Å²) in [5.41, 5.74) is 3.07. The summed E-state index contributed by atoms with van der Waals surface area (Å²) in [4.78, 5) is 35.3. The molecule has 0 atom stereocenters. The summed E-state index contributed by atoms with van der Waals surface area (Å²) in [7, 11) is 1.69. The van der Waals surface area contributed by atoms with Gasteiger partial charge in [0.15, 0.2) is 4.96 Å². The fourth-order valence-electron chi connectivity index (χ4n) is 4.32. The molecular weight excluding hydrogens is 444 g/mol. The monoisotopic (exact) mass is 468 g/mol. The van der Waals surface area contributed by atoms with E-state index >= 15 is 0 Å². The number of thioether (sulfide) groups is 1. The number of aromatic amines is 1. The second kappa shape index (κ2) is 8.99. The number of carbonyl (C=O) groups excluding carboxylic acids is 1. The number of amides is 1. The molecule has 9 heteroatoms. The molecule has 4 heterocycles. The molecule has 0 radical (unpaired) electrons. The van der Waals surface area contributed by atoms with Crippen LogP contribution in [0.3, 0.4) is 0 Å². The second-order valence-corrected chi connectivity index (χ2v) is 9.80. The first-order valence-electron chi connectivity index (χ1n) is 10.6. The lowest BCUT2D eigenvalue weighted by atomic mass is 9.89. The Morgan fingerprint density at radius 1 is 1.31 bits per heavy atom. The maximum Gasteiger partial charge on any atom is 0.258 e. The Morgan fingerprint density at radius 3 is 2.97 bits per heavy atom. The van der Waals surface area contributed by atoms with E-state index in [4.69, 9.17) is 4.74 Å². The fourth-order valence-corrected chi connectivity index (χ4v) is 5.88. The zero-order valence-corrected chi connectivity index (χ0v) is 19.4. The van der Waals surface area contributed by atoms with Gasteiger partial charge in [0, 0.05) is 53.6 Å². The van der Waals surface area contributed by atoms with Crippen molar-refractivity contribution in [2.24, 2.45) is 0 Å². The third kappa shape index (κ3) is 4.14. The van der Waals surface area contributed by atoms with E-state index in [0.717, 1.165) is 42.9 Å². The third-order valence-corrected chi connectivity index (χ3v) is 7.75. The van der Waals surface area contributed by atoms with Crippen molar-refractivity contribution in [2.75, 3.05) is 26.0 Å². The van der Waals surface area contributed by atoms with Gasteiger partial charge in [0.05, 0.1) is 18.6 Å². The van der Waals surface area contributed by atoms with Crippen molar-refractivity contribution in [1.82, 2.24) is 19.3 Å². The van der Waals surface area contributed by atoms with E-state index in [1.807, 2.05) is 22.4 Å². The van der Waals surface area contributed by atoms with Crippen LogP contribution in [0.1, 0.15) is 30.0 Å². The quantitative estimate of drug-likeness (QED) is 0.465. The van der Waals surface area contributed by atoms with Crippen LogP contribution in [0.15, 0.2) is 46.8 Å². The molecule has 0 bridgehead atoms. The molecule has 3 aromatic heterocycles. The molecule has 0 spiro atoms. The Kier molecular flexibility index (Phi) is 5.93. The Bertz CT molecular complexity index is 1320. The van der Waals surface area contributed by atoms with Gasteiger partial charge in [0.1, 0.15) is 5.75 Å². The number of fused-ring (bicyclic) bond motifs is 2. The van der Waals surface area contributed by atoms with Gasteiger partial charge in [-0.1, -0.05) is 0 Å². The first kappa shape index (κ1) is 21.1. The summed E-state index contributed by atoms with van der Waals surface area (Å²) in [6.07, 6.45) is 5.73. The van der Waals surface area contributed by atoms with E-state index in [9.17, 15) is 9.59 Å². The number of hydrogen-bond acceptors (Lipinski definition) is 6. The van der Waals surface area contributed by atoms with Gasteiger partial charge < -0.3 is 14.6 Å². The number of hydrogen-bond donors (Lipinski definition) is 1. The zero-order chi connectivity index (χ0) is 22.1. The SMILES string of the molecule is COc1ccc2[nH]cc(C3CCN(C(=O)CSCc4cc(=O)n5ccsc5n4)CC3)c2c1. The minimum absolute atomic E-state index is 0.0739. The van der Waals surface area contributed by atoms with Crippen LogP contribution in [0, 0.1) is 0 Å². The molecule has 166 valence electrons. The van der Waals surface area contributed by atoms with Crippen LogP contribution in [0.25, 0.3) is 15.9 Å². The Labute approximate surface area is 193 Å². The molecule has 1 aliphatic heterocycles. The number of aromatic nitrogens is 3. The van der Waals surface area contributed by atoms with E-state index in [-0.39, 0.29) is 11.5 Å². The predicted molar refractivity (Wildman–Crippen MR) is 129 cm³/mol. The molecular formula is C23H24N4O3S2. The number of nitrogens with one attached hydrogen (secondary N) is 1. The molecule has 32 heavy (non-hydrogen) atoms. The minimum Gasteiger partial charge on any atom is -0.497 e. The smallest absolute Gasteiger partial charge is 0.258 e. The largest absolute Gasteiger partial charge is 0.497 e. The number of likely N-dealkylation sites (tertiary alicyclic amines) is 1. The van der Waals surface area contributed by atoms with Gasteiger partial charge in [0.2, 0.25) is 5.91 Å². The first-order chi connectivity index (χ1) is 15.6. The highest BCUT2D eigenvalue weighted by atomic mass is 32.2. The molecule has 1 aliphatic rings. The van der Waals surface area contributed by atoms with Gasteiger partial charge in [-0.3, -0.25) is 14.0 Å². The summed E-state index contributed by atoms with van der Waals surface area (Å²) in [5.74, 6) is 2.41. The molecule has 1 amide bonds. The molecule has 0 unspecified atom stereocenters. The molecule has 0 aliphatic carbocycles. The maximum absolute atomic E-state index is 12.7. The van der Waals surface area contributed by atoms with E-state index in [2.05, 4.69) is 22.2 Å². The molecule has 1 N–H and O–H groups in total. The Hall–Kier alpha value is -2.78. The summed E-state index contributed by atoms with van der Waals surface area (Å²) in [5, 5.41) is 3.05. The van der Waals surface area contributed by atoms with Crippen molar-refractivity contribution in [3.63, 3.8) is 0 Å². The summed E-state index contributed by atoms with van der Waals surface area (Å²) in [6.45, 7) is 1.53. The fraction of sp³-hybridized carbons (Fsp3) is 0.348. The van der Waals surface area contributed by atoms with Crippen LogP contribution < -0.4 is 10.3 Å². The lowest BCUT2D eigenvalue weighted by Crippen LogP contribution is -2.38. The van der Waals surface area contributed by atoms with Crippen LogP contribution in [-0.2, 0) is 10.5 Å². The number of benzene rings is 1. The van der Waals surface area contributed by atoms with Crippen LogP contribution in [0.5, 0.6) is 5.75 Å². The van der Waals surface area contributed by atoms with Crippen molar-refractivity contribution >= 4 is 44.9 Å². The van der Waals surface area contributed by atoms with Crippen LogP contribution in [0.4, 0.5) is 0 Å². The average molecular weight is 469 g/mol. The van der Waals surface area contributed by atoms with Crippen molar-refractivity contribution in [1.29, 1.82) is 0 Å². The highest BCUT2D eigenvalue weighted by Crippen LogP contribution is 2.34. The number of methoxy groups -OCH3 is 1. The van der Waals surface area contributed by atoms with Gasteiger partial charge in [0.25, 0.3) is 5.56 Å². The zero-order valence-electron chi connectivity index (χ0n) is 17.7. The van der Waals surface area contributed by atoms with Crippen molar-refractivity contribution in [3.8, 4) is 5.75 Å². The highest BCUT2D eigenvalue weighted by molar-refractivity contribution is 7.99. The van der Waals surface area contributed by atoms with Gasteiger partial charge in [-0.2, -0.15) is 0 Å². The second-order valence-electron chi connectivity index (χ2n) is 7.94. The van der Waals surface area contributed by atoms with Crippen LogP contribution in [0.2, 0.25) is 0 Å². The summed E-state index contributed by atoms with van der Waals surface area (Å²) < 4.78 is 6.92. The number of H-pyrrole nitrogens is 1. The van der Waals surface area contributed by atoms with Crippen molar-refractivity contribution in [2.45, 2.75) is 24.5 Å². The third-order valence-electron chi connectivity index (χ3n) is 6.04. The van der Waals surface area contributed by atoms with Crippen molar-refractivity contribution in [3.05, 3.63) is 63.7 Å². The molecule has 1 fully saturated rings. The number of ether oxygens (including phenoxy) is 1. The molecule has 1 saturated heterocycles. The minimum atomic E-state index is -0.0739. The summed E-state index contributed by atoms with van der Waals surface area (Å²) in [6, 6.07) is 7.65. The average Bonchev–Trinajstić information content (AvgIpc) is 3.46. The Balaban J connectivity index is 1.15. The number of piperidine rings is 1. The molecule has 5 rings (SSSR count). The molecule has 1 aromatic carbocycles. The standard InChI is InChI=1S/C23H24N4O3S2/c1-30-17-2-3-20-18(11-17)19(12-24-20)15-4-6-26(7-5-15)22(29)14-31-13-16-10-21(28)27-8-9-32-23(27)25-16/h2-3,8-12,15,24H,4-7,13-14H2,1H3. The van der Waals surface area contributed by atoms with E-state index < -0.39 is 0 Å². The van der Waals surface area contributed by atoms with Gasteiger partial charge in [-0.25, -0.2) is 4.98 Å². The van der Waals surface area contributed by atoms with Crippen molar-refractivity contribution < 1.29 is 9.53 Å². The van der Waals surface area contributed by atoms with Gasteiger partial charge in [-0.15, -0.1) is 23.1 Å². The number of thiazole rings is 1. The van der Waals surface area contributed by atoms with E-state index in [1.165, 1.54) is 38.4 Å². The lowest BCUT2D eigenvalue weighted by Gasteiger charge is -2.32. The van der Waals surface area contributed by atoms with Crippen LogP contribution >= 0.6 is 23.1 Å². The first-order valence-corrected chi connectivity index (χ1v) is 12.6. The van der Waals surface area contributed by atoms with E-state index in [0.29, 0.717) is 22.4 Å². The summed E-state index contributed by atoms with van der Waals surface area (Å²) >= 11 is 2.95. The molecule has 7 nitrogen and oxygen atoms in total. The van der Waals surface area contributed by atoms with Crippen LogP contribution in [-0.4, -0.2) is 51.1 Å². The normalized spacial score (nSPS) is 15.0. The number of carbonyl (C=O) groups is 1. The number of rotatable bonds is 6. The maximum atomic E-state index is 12.7. The van der Waals surface area contributed by atoms with Gasteiger partial charge >= 0.3 is 0 Å². The predicted octanol–water partition coefficient (Wildman–Crippen LogP) is 3.89.